The first-order chi connectivity index (χ1) is 12.1. The van der Waals surface area contributed by atoms with E-state index in [2.05, 4.69) is 16.0 Å². The first-order valence-electron chi connectivity index (χ1n) is 8.02. The van der Waals surface area contributed by atoms with Gasteiger partial charge in [0, 0.05) is 24.7 Å². The van der Waals surface area contributed by atoms with Gasteiger partial charge in [0.25, 0.3) is 0 Å². The van der Waals surface area contributed by atoms with Gasteiger partial charge in [0.05, 0.1) is 17.9 Å². The molecule has 1 aliphatic heterocycles. The molecule has 0 aromatic heterocycles. The Morgan fingerprint density at radius 2 is 1.92 bits per heavy atom. The summed E-state index contributed by atoms with van der Waals surface area (Å²) in [6.45, 7) is 1.98. The van der Waals surface area contributed by atoms with Crippen LogP contribution < -0.4 is 20.9 Å². The smallest absolute Gasteiger partial charge is 0.319 e. The lowest BCUT2D eigenvalue weighted by atomic mass is 10.2. The van der Waals surface area contributed by atoms with Crippen LogP contribution in [-0.4, -0.2) is 31.6 Å². The lowest BCUT2D eigenvalue weighted by Crippen LogP contribution is -2.48. The Kier molecular flexibility index (Phi) is 5.40. The van der Waals surface area contributed by atoms with E-state index in [0.29, 0.717) is 30.3 Å². The molecule has 2 aromatic carbocycles. The van der Waals surface area contributed by atoms with Crippen molar-refractivity contribution in [2.45, 2.75) is 6.54 Å². The van der Waals surface area contributed by atoms with E-state index in [1.54, 1.807) is 12.1 Å². The van der Waals surface area contributed by atoms with Gasteiger partial charge in [-0.05, 0) is 29.8 Å². The summed E-state index contributed by atoms with van der Waals surface area (Å²) in [4.78, 5) is 25.8. The maximum atomic E-state index is 12.2. The fourth-order valence-electron chi connectivity index (χ4n) is 2.65. The highest BCUT2D eigenvalue weighted by Crippen LogP contribution is 2.25. The van der Waals surface area contributed by atoms with Crippen molar-refractivity contribution in [3.63, 3.8) is 0 Å². The SMILES string of the molecule is O=C1CN(c2ccccc2NC(=O)NCc2ccc(Cl)cc2)CCN1. The molecule has 3 rings (SSSR count). The highest BCUT2D eigenvalue weighted by atomic mass is 35.5. The molecule has 2 aromatic rings. The zero-order valence-corrected chi connectivity index (χ0v) is 14.3. The fraction of sp³-hybridized carbons (Fsp3) is 0.222. The van der Waals surface area contributed by atoms with Crippen molar-refractivity contribution in [1.29, 1.82) is 0 Å². The molecule has 1 saturated heterocycles. The van der Waals surface area contributed by atoms with Gasteiger partial charge in [-0.15, -0.1) is 0 Å². The summed E-state index contributed by atoms with van der Waals surface area (Å²) in [7, 11) is 0. The Morgan fingerprint density at radius 1 is 1.16 bits per heavy atom. The summed E-state index contributed by atoms with van der Waals surface area (Å²) >= 11 is 5.85. The fourth-order valence-corrected chi connectivity index (χ4v) is 2.78. The standard InChI is InChI=1S/C18H19ClN4O2/c19-14-7-5-13(6-8-14)11-21-18(25)22-15-3-1-2-4-16(15)23-10-9-20-17(24)12-23/h1-8H,9-12H2,(H,20,24)(H2,21,22,25). The monoisotopic (exact) mass is 358 g/mol. The Hall–Kier alpha value is -2.73. The molecule has 1 fully saturated rings. The van der Waals surface area contributed by atoms with Crippen LogP contribution in [-0.2, 0) is 11.3 Å². The second-order valence-electron chi connectivity index (χ2n) is 5.72. The highest BCUT2D eigenvalue weighted by molar-refractivity contribution is 6.30. The van der Waals surface area contributed by atoms with Crippen molar-refractivity contribution in [3.8, 4) is 0 Å². The molecule has 7 heteroatoms. The molecular weight excluding hydrogens is 340 g/mol. The van der Waals surface area contributed by atoms with Crippen LogP contribution in [0.1, 0.15) is 5.56 Å². The molecule has 3 N–H and O–H groups in total. The number of hydrogen-bond donors (Lipinski definition) is 3. The van der Waals surface area contributed by atoms with Gasteiger partial charge >= 0.3 is 6.03 Å². The molecule has 0 saturated carbocycles. The van der Waals surface area contributed by atoms with Gasteiger partial charge in [-0.3, -0.25) is 4.79 Å². The molecule has 0 aliphatic carbocycles. The first-order valence-corrected chi connectivity index (χ1v) is 8.39. The minimum Gasteiger partial charge on any atom is -0.359 e. The Balaban J connectivity index is 1.63. The molecule has 130 valence electrons. The Labute approximate surface area is 151 Å². The quantitative estimate of drug-likeness (QED) is 0.786. The van der Waals surface area contributed by atoms with Gasteiger partial charge in [0.2, 0.25) is 5.91 Å². The minimum atomic E-state index is -0.302. The molecule has 0 bridgehead atoms. The van der Waals surface area contributed by atoms with E-state index < -0.39 is 0 Å². The van der Waals surface area contributed by atoms with Crippen molar-refractivity contribution in [2.24, 2.45) is 0 Å². The predicted octanol–water partition coefficient (Wildman–Crippen LogP) is 2.60. The van der Waals surface area contributed by atoms with E-state index in [1.807, 2.05) is 41.3 Å². The van der Waals surface area contributed by atoms with Crippen LogP contribution in [0.4, 0.5) is 16.2 Å². The molecule has 25 heavy (non-hydrogen) atoms. The van der Waals surface area contributed by atoms with Crippen LogP contribution in [0.2, 0.25) is 5.02 Å². The van der Waals surface area contributed by atoms with Crippen LogP contribution in [0.25, 0.3) is 0 Å². The van der Waals surface area contributed by atoms with E-state index in [-0.39, 0.29) is 18.5 Å². The number of carbonyl (C=O) groups is 2. The van der Waals surface area contributed by atoms with Crippen LogP contribution in [0.15, 0.2) is 48.5 Å². The van der Waals surface area contributed by atoms with Crippen molar-refractivity contribution in [2.75, 3.05) is 29.9 Å². The number of rotatable bonds is 4. The summed E-state index contributed by atoms with van der Waals surface area (Å²) < 4.78 is 0. The number of hydrogen-bond acceptors (Lipinski definition) is 3. The zero-order valence-electron chi connectivity index (χ0n) is 13.6. The number of piperazine rings is 1. The highest BCUT2D eigenvalue weighted by Gasteiger charge is 2.19. The third kappa shape index (κ3) is 4.64. The molecule has 0 unspecified atom stereocenters. The lowest BCUT2D eigenvalue weighted by Gasteiger charge is -2.30. The number of urea groups is 1. The molecule has 0 atom stereocenters. The predicted molar refractivity (Wildman–Crippen MR) is 99.0 cm³/mol. The number of nitrogens with one attached hydrogen (secondary N) is 3. The first kappa shape index (κ1) is 17.1. The van der Waals surface area contributed by atoms with Crippen molar-refractivity contribution in [1.82, 2.24) is 10.6 Å². The Bertz CT molecular complexity index is 764. The van der Waals surface area contributed by atoms with Gasteiger partial charge in [0.15, 0.2) is 0 Å². The van der Waals surface area contributed by atoms with Crippen LogP contribution in [0, 0.1) is 0 Å². The number of benzene rings is 2. The normalized spacial score (nSPS) is 14.0. The number of carbonyl (C=O) groups excluding carboxylic acids is 2. The van der Waals surface area contributed by atoms with Gasteiger partial charge in [-0.2, -0.15) is 0 Å². The summed E-state index contributed by atoms with van der Waals surface area (Å²) in [5.74, 6) is -0.0201. The van der Waals surface area contributed by atoms with Crippen molar-refractivity contribution in [3.05, 3.63) is 59.1 Å². The molecule has 0 spiro atoms. The lowest BCUT2D eigenvalue weighted by molar-refractivity contribution is -0.120. The molecule has 0 radical (unpaired) electrons. The van der Waals surface area contributed by atoms with E-state index in [9.17, 15) is 9.59 Å². The third-order valence-corrected chi connectivity index (χ3v) is 4.15. The number of amides is 3. The average molecular weight is 359 g/mol. The maximum Gasteiger partial charge on any atom is 0.319 e. The van der Waals surface area contributed by atoms with E-state index >= 15 is 0 Å². The van der Waals surface area contributed by atoms with E-state index in [4.69, 9.17) is 11.6 Å². The van der Waals surface area contributed by atoms with Gasteiger partial charge in [-0.25, -0.2) is 4.79 Å². The molecule has 1 aliphatic rings. The van der Waals surface area contributed by atoms with Crippen LogP contribution >= 0.6 is 11.6 Å². The summed E-state index contributed by atoms with van der Waals surface area (Å²) in [5, 5.41) is 9.12. The summed E-state index contributed by atoms with van der Waals surface area (Å²) in [6, 6.07) is 14.5. The molecular formula is C18H19ClN4O2. The average Bonchev–Trinajstić information content (AvgIpc) is 2.62. The number of halogens is 1. The van der Waals surface area contributed by atoms with E-state index in [1.165, 1.54) is 0 Å². The molecule has 1 heterocycles. The zero-order chi connectivity index (χ0) is 17.6. The maximum absolute atomic E-state index is 12.2. The second kappa shape index (κ2) is 7.90. The second-order valence-corrected chi connectivity index (χ2v) is 6.16. The third-order valence-electron chi connectivity index (χ3n) is 3.90. The summed E-state index contributed by atoms with van der Waals surface area (Å²) in [5.41, 5.74) is 2.46. The number of nitrogens with zero attached hydrogens (tertiary/aromatic N) is 1. The van der Waals surface area contributed by atoms with E-state index in [0.717, 1.165) is 11.3 Å². The van der Waals surface area contributed by atoms with Crippen molar-refractivity contribution >= 4 is 34.9 Å². The summed E-state index contributed by atoms with van der Waals surface area (Å²) in [6.07, 6.45) is 0. The number of anilines is 2. The largest absolute Gasteiger partial charge is 0.359 e. The van der Waals surface area contributed by atoms with Crippen molar-refractivity contribution < 1.29 is 9.59 Å². The molecule has 3 amide bonds. The van der Waals surface area contributed by atoms with Gasteiger partial charge in [0.1, 0.15) is 0 Å². The molecule has 6 nitrogen and oxygen atoms in total. The topological polar surface area (TPSA) is 73.5 Å². The number of para-hydroxylation sites is 2. The van der Waals surface area contributed by atoms with Gasteiger partial charge in [-0.1, -0.05) is 35.9 Å². The Morgan fingerprint density at radius 3 is 2.68 bits per heavy atom. The van der Waals surface area contributed by atoms with Gasteiger partial charge < -0.3 is 20.9 Å². The minimum absolute atomic E-state index is 0.0201. The van der Waals surface area contributed by atoms with Crippen LogP contribution in [0.3, 0.4) is 0 Å². The van der Waals surface area contributed by atoms with Crippen LogP contribution in [0.5, 0.6) is 0 Å².